The molecule has 3 rings (SSSR count). The van der Waals surface area contributed by atoms with Gasteiger partial charge < -0.3 is 15.4 Å². The van der Waals surface area contributed by atoms with Crippen molar-refractivity contribution in [3.05, 3.63) is 101 Å². The molecule has 0 aromatic heterocycles. The van der Waals surface area contributed by atoms with Gasteiger partial charge in [-0.25, -0.2) is 9.18 Å². The topological polar surface area (TPSA) is 74.2 Å². The van der Waals surface area contributed by atoms with Crippen LogP contribution in [0.2, 0.25) is 0 Å². The lowest BCUT2D eigenvalue weighted by Crippen LogP contribution is -2.53. The minimum absolute atomic E-state index is 0.102. The first-order valence-corrected chi connectivity index (χ1v) is 11.1. The lowest BCUT2D eigenvalue weighted by Gasteiger charge is -2.37. The third-order valence-electron chi connectivity index (χ3n) is 5.47. The molecule has 3 aromatic rings. The van der Waals surface area contributed by atoms with Gasteiger partial charge in [-0.15, -0.1) is 0 Å². The zero-order valence-corrected chi connectivity index (χ0v) is 19.7. The minimum atomic E-state index is -5.00. The van der Waals surface area contributed by atoms with E-state index in [-0.39, 0.29) is 23.1 Å². The van der Waals surface area contributed by atoms with Crippen LogP contribution in [0.1, 0.15) is 22.3 Å². The summed E-state index contributed by atoms with van der Waals surface area (Å²) in [5, 5.41) is 13.2. The Balaban J connectivity index is 2.24. The summed E-state index contributed by atoms with van der Waals surface area (Å²) in [5.41, 5.74) is -1.56. The molecule has 0 spiro atoms. The fourth-order valence-electron chi connectivity index (χ4n) is 3.78. The van der Waals surface area contributed by atoms with Crippen molar-refractivity contribution >= 4 is 6.03 Å². The summed E-state index contributed by atoms with van der Waals surface area (Å²) in [6, 6.07) is 15.8. The average molecular weight is 557 g/mol. The van der Waals surface area contributed by atoms with Crippen molar-refractivity contribution in [3.8, 4) is 11.8 Å². The zero-order valence-electron chi connectivity index (χ0n) is 19.7. The lowest BCUT2D eigenvalue weighted by molar-refractivity contribution is -0.253. The number of alkyl halides is 7. The maximum absolute atomic E-state index is 14.7. The molecule has 0 aliphatic heterocycles. The Kier molecular flexibility index (Phi) is 8.68. The number of hydrogen-bond donors (Lipinski definition) is 2. The summed E-state index contributed by atoms with van der Waals surface area (Å²) < 4.78 is 110. The predicted molar refractivity (Wildman–Crippen MR) is 123 cm³/mol. The van der Waals surface area contributed by atoms with E-state index < -0.39 is 48.4 Å². The molecule has 5 nitrogen and oxygen atoms in total. The summed E-state index contributed by atoms with van der Waals surface area (Å²) in [6.45, 7) is -1.73. The first-order chi connectivity index (χ1) is 18.2. The van der Waals surface area contributed by atoms with Gasteiger partial charge in [-0.05, 0) is 41.0 Å². The standard InChI is InChI=1S/C26H19F8N3O2/c27-20-10-19(11-21(12-20)39-26(33,34)22(28)29)24(13-16-4-2-1-3-5-16,18-8-6-17(14-35)7-9-18)37-23(38)36-15-25(30,31)32/h1-12,22H,13,15H2,(H2,36,37,38). The molecule has 206 valence electrons. The van der Waals surface area contributed by atoms with E-state index in [4.69, 9.17) is 5.26 Å². The number of nitriles is 1. The van der Waals surface area contributed by atoms with Crippen molar-refractivity contribution in [1.29, 1.82) is 5.26 Å². The number of rotatable bonds is 9. The monoisotopic (exact) mass is 557 g/mol. The number of benzene rings is 3. The molecule has 0 saturated heterocycles. The molecule has 0 radical (unpaired) electrons. The molecule has 0 heterocycles. The highest BCUT2D eigenvalue weighted by Crippen LogP contribution is 2.38. The van der Waals surface area contributed by atoms with Crippen molar-refractivity contribution in [2.24, 2.45) is 0 Å². The Morgan fingerprint density at radius 3 is 2.13 bits per heavy atom. The van der Waals surface area contributed by atoms with Crippen molar-refractivity contribution in [2.75, 3.05) is 6.54 Å². The highest BCUT2D eigenvalue weighted by molar-refractivity contribution is 5.76. The average Bonchev–Trinajstić information content (AvgIpc) is 2.86. The molecule has 0 aliphatic carbocycles. The van der Waals surface area contributed by atoms with Gasteiger partial charge >= 0.3 is 24.7 Å². The van der Waals surface area contributed by atoms with Crippen molar-refractivity contribution in [3.63, 3.8) is 0 Å². The number of carbonyl (C=O) groups is 1. The zero-order chi connectivity index (χ0) is 28.8. The maximum Gasteiger partial charge on any atom is 0.461 e. The molecule has 0 fully saturated rings. The van der Waals surface area contributed by atoms with E-state index in [1.165, 1.54) is 24.3 Å². The van der Waals surface area contributed by atoms with E-state index in [0.29, 0.717) is 11.6 Å². The Morgan fingerprint density at radius 2 is 1.56 bits per heavy atom. The van der Waals surface area contributed by atoms with Crippen LogP contribution in [0.4, 0.5) is 39.9 Å². The number of urea groups is 1. The second-order valence-corrected chi connectivity index (χ2v) is 8.32. The Hall–Kier alpha value is -4.34. The van der Waals surface area contributed by atoms with Gasteiger partial charge in [-0.2, -0.15) is 36.0 Å². The summed E-state index contributed by atoms with van der Waals surface area (Å²) in [7, 11) is 0. The quantitative estimate of drug-likeness (QED) is 0.304. The van der Waals surface area contributed by atoms with Crippen LogP contribution in [0.5, 0.6) is 5.75 Å². The first kappa shape index (κ1) is 29.2. The van der Waals surface area contributed by atoms with Crippen LogP contribution in [-0.2, 0) is 12.0 Å². The third-order valence-corrected chi connectivity index (χ3v) is 5.47. The molecule has 2 N–H and O–H groups in total. The summed E-state index contributed by atoms with van der Waals surface area (Å²) in [6.07, 6.45) is -14.3. The number of amides is 2. The summed E-state index contributed by atoms with van der Waals surface area (Å²) in [4.78, 5) is 12.7. The van der Waals surface area contributed by atoms with E-state index in [9.17, 15) is 39.9 Å². The van der Waals surface area contributed by atoms with Crippen LogP contribution < -0.4 is 15.4 Å². The largest absolute Gasteiger partial charge is 0.461 e. The second-order valence-electron chi connectivity index (χ2n) is 8.32. The van der Waals surface area contributed by atoms with Crippen LogP contribution in [0, 0.1) is 17.1 Å². The van der Waals surface area contributed by atoms with Crippen LogP contribution >= 0.6 is 0 Å². The van der Waals surface area contributed by atoms with Gasteiger partial charge in [0.15, 0.2) is 0 Å². The van der Waals surface area contributed by atoms with E-state index in [1.54, 1.807) is 35.6 Å². The lowest BCUT2D eigenvalue weighted by atomic mass is 9.77. The summed E-state index contributed by atoms with van der Waals surface area (Å²) in [5.74, 6) is -2.25. The van der Waals surface area contributed by atoms with E-state index >= 15 is 0 Å². The highest BCUT2D eigenvalue weighted by atomic mass is 19.4. The second kappa shape index (κ2) is 11.6. The molecule has 0 bridgehead atoms. The number of nitrogens with zero attached hydrogens (tertiary/aromatic N) is 1. The van der Waals surface area contributed by atoms with Crippen molar-refractivity contribution in [1.82, 2.24) is 10.6 Å². The van der Waals surface area contributed by atoms with Crippen LogP contribution in [0.3, 0.4) is 0 Å². The number of hydrogen-bond acceptors (Lipinski definition) is 3. The van der Waals surface area contributed by atoms with Crippen LogP contribution in [-0.4, -0.2) is 31.3 Å². The van der Waals surface area contributed by atoms with Crippen molar-refractivity contribution < 1.29 is 44.7 Å². The van der Waals surface area contributed by atoms with Gasteiger partial charge in [-0.3, -0.25) is 0 Å². The summed E-state index contributed by atoms with van der Waals surface area (Å²) >= 11 is 0. The highest BCUT2D eigenvalue weighted by Gasteiger charge is 2.45. The molecule has 39 heavy (non-hydrogen) atoms. The van der Waals surface area contributed by atoms with Crippen LogP contribution in [0.25, 0.3) is 0 Å². The Bertz CT molecular complexity index is 1330. The van der Waals surface area contributed by atoms with E-state index in [2.05, 4.69) is 10.1 Å². The van der Waals surface area contributed by atoms with E-state index in [1.807, 2.05) is 6.07 Å². The van der Waals surface area contributed by atoms with Gasteiger partial charge in [0.05, 0.1) is 17.2 Å². The first-order valence-electron chi connectivity index (χ1n) is 11.1. The molecule has 0 aliphatic rings. The molecule has 13 heteroatoms. The SMILES string of the molecule is N#Cc1ccc(C(Cc2ccccc2)(NC(=O)NCC(F)(F)F)c2cc(F)cc(OC(F)(F)C(F)F)c2)cc1. The third kappa shape index (κ3) is 7.59. The molecule has 3 aromatic carbocycles. The van der Waals surface area contributed by atoms with Gasteiger partial charge in [0.25, 0.3) is 0 Å². The van der Waals surface area contributed by atoms with Gasteiger partial charge in [0.2, 0.25) is 0 Å². The predicted octanol–water partition coefficient (Wildman–Crippen LogP) is 6.28. The Labute approximate surface area is 217 Å². The molecule has 0 saturated carbocycles. The number of ether oxygens (including phenoxy) is 1. The van der Waals surface area contributed by atoms with Crippen molar-refractivity contribution in [2.45, 2.75) is 30.7 Å². The molecular formula is C26H19F8N3O2. The molecule has 1 atom stereocenters. The fraction of sp³-hybridized carbons (Fsp3) is 0.231. The van der Waals surface area contributed by atoms with Gasteiger partial charge in [0.1, 0.15) is 18.1 Å². The van der Waals surface area contributed by atoms with Gasteiger partial charge in [0, 0.05) is 12.5 Å². The molecule has 2 amide bonds. The van der Waals surface area contributed by atoms with E-state index in [0.717, 1.165) is 12.1 Å². The number of nitrogens with one attached hydrogen (secondary N) is 2. The molecule has 1 unspecified atom stereocenters. The normalized spacial score (nSPS) is 13.3. The number of halogens is 8. The minimum Gasteiger partial charge on any atom is -0.428 e. The maximum atomic E-state index is 14.7. The van der Waals surface area contributed by atoms with Crippen LogP contribution in [0.15, 0.2) is 72.8 Å². The molecular weight excluding hydrogens is 538 g/mol. The number of carbonyl (C=O) groups excluding carboxylic acids is 1. The fourth-order valence-corrected chi connectivity index (χ4v) is 3.78. The Morgan fingerprint density at radius 1 is 0.923 bits per heavy atom. The van der Waals surface area contributed by atoms with Gasteiger partial charge in [-0.1, -0.05) is 42.5 Å². The smallest absolute Gasteiger partial charge is 0.428 e.